The molecule has 2 fully saturated rings. The third-order valence-electron chi connectivity index (χ3n) is 6.61. The third-order valence-corrected chi connectivity index (χ3v) is 6.61. The Balaban J connectivity index is 1.28. The number of rotatable bonds is 4. The van der Waals surface area contributed by atoms with Crippen LogP contribution in [0.5, 0.6) is 5.88 Å². The molecule has 3 aromatic rings. The predicted octanol–water partition coefficient (Wildman–Crippen LogP) is 3.87. The summed E-state index contributed by atoms with van der Waals surface area (Å²) < 4.78 is 0. The van der Waals surface area contributed by atoms with E-state index in [0.717, 1.165) is 36.6 Å². The van der Waals surface area contributed by atoms with Crippen molar-refractivity contribution < 1.29 is 5.11 Å². The number of likely N-dealkylation sites (tertiary alicyclic amines) is 2. The third kappa shape index (κ3) is 3.67. The summed E-state index contributed by atoms with van der Waals surface area (Å²) >= 11 is 0. The predicted molar refractivity (Wildman–Crippen MR) is 117 cm³/mol. The first-order valence-electron chi connectivity index (χ1n) is 10.9. The lowest BCUT2D eigenvalue weighted by Crippen LogP contribution is -2.43. The lowest BCUT2D eigenvalue weighted by Gasteiger charge is -2.36. The number of nitrogens with one attached hydrogen (secondary N) is 1. The van der Waals surface area contributed by atoms with E-state index >= 15 is 0 Å². The molecule has 2 aliphatic heterocycles. The second kappa shape index (κ2) is 8.10. The van der Waals surface area contributed by atoms with Crippen molar-refractivity contribution >= 4 is 10.9 Å². The molecule has 6 heteroatoms. The Morgan fingerprint density at radius 3 is 2.60 bits per heavy atom. The summed E-state index contributed by atoms with van der Waals surface area (Å²) in [5.41, 5.74) is 3.92. The van der Waals surface area contributed by atoms with E-state index in [1.54, 1.807) is 12.1 Å². The molecule has 154 valence electrons. The molecule has 0 unspecified atom stereocenters. The summed E-state index contributed by atoms with van der Waals surface area (Å²) in [6.07, 6.45) is 7.16. The van der Waals surface area contributed by atoms with Gasteiger partial charge in [-0.1, -0.05) is 6.07 Å². The Morgan fingerprint density at radius 1 is 1.10 bits per heavy atom. The number of aromatic amines is 1. The van der Waals surface area contributed by atoms with Crippen LogP contribution >= 0.6 is 0 Å². The van der Waals surface area contributed by atoms with Crippen LogP contribution in [0.25, 0.3) is 22.2 Å². The Hall–Kier alpha value is -2.88. The van der Waals surface area contributed by atoms with Crippen LogP contribution < -0.4 is 0 Å². The quantitative estimate of drug-likeness (QED) is 0.694. The van der Waals surface area contributed by atoms with Gasteiger partial charge in [-0.15, -0.1) is 0 Å². The highest BCUT2D eigenvalue weighted by Gasteiger charge is 2.26. The largest absolute Gasteiger partial charge is 0.494 e. The highest BCUT2D eigenvalue weighted by atomic mass is 16.3. The van der Waals surface area contributed by atoms with Gasteiger partial charge in [0.1, 0.15) is 0 Å². The highest BCUT2D eigenvalue weighted by molar-refractivity contribution is 5.98. The van der Waals surface area contributed by atoms with Crippen molar-refractivity contribution in [1.29, 1.82) is 5.26 Å². The first-order valence-corrected chi connectivity index (χ1v) is 10.9. The molecule has 4 heterocycles. The zero-order chi connectivity index (χ0) is 20.5. The van der Waals surface area contributed by atoms with Gasteiger partial charge in [0.05, 0.1) is 22.9 Å². The number of aromatic hydroxyl groups is 1. The number of aromatic nitrogens is 2. The zero-order valence-electron chi connectivity index (χ0n) is 17.1. The van der Waals surface area contributed by atoms with Gasteiger partial charge >= 0.3 is 0 Å². The molecule has 0 radical (unpaired) electrons. The standard InChI is InChI=1S/C24H27N5O/c25-14-17-3-5-21-20(13-17)23(24(30)27-21)22-6-4-18(15-26-22)16-28-11-7-19(8-12-28)29-9-1-2-10-29/h3-6,13,15,19,27,30H,1-2,7-12,16H2. The molecule has 0 atom stereocenters. The Bertz CT molecular complexity index is 1070. The van der Waals surface area contributed by atoms with Crippen LogP contribution in [0.3, 0.4) is 0 Å². The maximum atomic E-state index is 10.4. The summed E-state index contributed by atoms with van der Waals surface area (Å²) in [4.78, 5) is 12.8. The molecule has 0 spiro atoms. The van der Waals surface area contributed by atoms with E-state index in [2.05, 4.69) is 31.9 Å². The molecule has 2 aliphatic rings. The van der Waals surface area contributed by atoms with Crippen LogP contribution in [0.2, 0.25) is 0 Å². The average molecular weight is 402 g/mol. The van der Waals surface area contributed by atoms with Gasteiger partial charge in [-0.25, -0.2) is 0 Å². The number of hydrogen-bond acceptors (Lipinski definition) is 5. The molecule has 2 saturated heterocycles. The number of nitrogens with zero attached hydrogens (tertiary/aromatic N) is 4. The Kier molecular flexibility index (Phi) is 5.16. The monoisotopic (exact) mass is 401 g/mol. The zero-order valence-corrected chi connectivity index (χ0v) is 17.1. The summed E-state index contributed by atoms with van der Waals surface area (Å²) in [6, 6.07) is 12.3. The smallest absolute Gasteiger partial charge is 0.199 e. The average Bonchev–Trinajstić information content (AvgIpc) is 3.42. The molecule has 6 nitrogen and oxygen atoms in total. The summed E-state index contributed by atoms with van der Waals surface area (Å²) in [6.45, 7) is 5.77. The Morgan fingerprint density at radius 2 is 1.90 bits per heavy atom. The number of piperidine rings is 1. The molecule has 0 bridgehead atoms. The fraction of sp³-hybridized carbons (Fsp3) is 0.417. The van der Waals surface area contributed by atoms with E-state index in [-0.39, 0.29) is 5.88 Å². The summed E-state index contributed by atoms with van der Waals surface area (Å²) in [7, 11) is 0. The van der Waals surface area contributed by atoms with Gasteiger partial charge in [0.25, 0.3) is 0 Å². The Labute approximate surface area is 176 Å². The summed E-state index contributed by atoms with van der Waals surface area (Å²) in [5, 5.41) is 20.4. The van der Waals surface area contributed by atoms with Gasteiger partial charge in [-0.2, -0.15) is 5.26 Å². The maximum absolute atomic E-state index is 10.4. The van der Waals surface area contributed by atoms with Gasteiger partial charge in [-0.3, -0.25) is 9.88 Å². The van der Waals surface area contributed by atoms with Crippen molar-refractivity contribution in [2.75, 3.05) is 26.2 Å². The topological polar surface area (TPSA) is 79.2 Å². The minimum Gasteiger partial charge on any atom is -0.494 e. The molecule has 0 amide bonds. The van der Waals surface area contributed by atoms with E-state index in [4.69, 9.17) is 0 Å². The van der Waals surface area contributed by atoms with Crippen molar-refractivity contribution in [3.8, 4) is 23.2 Å². The number of nitriles is 1. The van der Waals surface area contributed by atoms with Gasteiger partial charge in [0.15, 0.2) is 5.88 Å². The molecular weight excluding hydrogens is 374 g/mol. The van der Waals surface area contributed by atoms with Gasteiger partial charge in [-0.05, 0) is 81.7 Å². The fourth-order valence-corrected chi connectivity index (χ4v) is 4.98. The first kappa shape index (κ1) is 19.1. The van der Waals surface area contributed by atoms with Gasteiger partial charge in [0, 0.05) is 29.7 Å². The second-order valence-corrected chi connectivity index (χ2v) is 8.52. The normalized spacial score (nSPS) is 18.8. The van der Waals surface area contributed by atoms with Crippen LogP contribution in [0, 0.1) is 11.3 Å². The SMILES string of the molecule is N#Cc1ccc2[nH]c(O)c(-c3ccc(CN4CCC(N5CCCC5)CC4)cn3)c2c1. The van der Waals surface area contributed by atoms with Crippen molar-refractivity contribution in [3.63, 3.8) is 0 Å². The number of pyridine rings is 1. The first-order chi connectivity index (χ1) is 14.7. The van der Waals surface area contributed by atoms with Gasteiger partial charge < -0.3 is 15.0 Å². The summed E-state index contributed by atoms with van der Waals surface area (Å²) in [5.74, 6) is 0.0873. The van der Waals surface area contributed by atoms with E-state index in [9.17, 15) is 10.4 Å². The van der Waals surface area contributed by atoms with Crippen molar-refractivity contribution in [2.24, 2.45) is 0 Å². The number of H-pyrrole nitrogens is 1. The van der Waals surface area contributed by atoms with Crippen LogP contribution in [0.1, 0.15) is 36.8 Å². The van der Waals surface area contributed by atoms with Crippen LogP contribution in [-0.4, -0.2) is 57.1 Å². The fourth-order valence-electron chi connectivity index (χ4n) is 4.98. The molecule has 1 aromatic carbocycles. The molecule has 5 rings (SSSR count). The van der Waals surface area contributed by atoms with Crippen molar-refractivity contribution in [1.82, 2.24) is 19.8 Å². The van der Waals surface area contributed by atoms with E-state index in [1.165, 1.54) is 44.3 Å². The minimum absolute atomic E-state index is 0.0873. The van der Waals surface area contributed by atoms with Crippen LogP contribution in [0.4, 0.5) is 0 Å². The van der Waals surface area contributed by atoms with E-state index in [1.807, 2.05) is 18.3 Å². The lowest BCUT2D eigenvalue weighted by molar-refractivity contribution is 0.122. The molecule has 0 aliphatic carbocycles. The van der Waals surface area contributed by atoms with Crippen LogP contribution in [-0.2, 0) is 6.54 Å². The molecule has 2 aromatic heterocycles. The van der Waals surface area contributed by atoms with Crippen molar-refractivity contribution in [3.05, 3.63) is 47.7 Å². The molecule has 0 saturated carbocycles. The lowest BCUT2D eigenvalue weighted by atomic mass is 10.0. The number of benzene rings is 1. The van der Waals surface area contributed by atoms with Crippen LogP contribution in [0.15, 0.2) is 36.5 Å². The van der Waals surface area contributed by atoms with Gasteiger partial charge in [0.2, 0.25) is 0 Å². The molecule has 2 N–H and O–H groups in total. The van der Waals surface area contributed by atoms with Crippen molar-refractivity contribution in [2.45, 2.75) is 38.3 Å². The van der Waals surface area contributed by atoms with E-state index in [0.29, 0.717) is 16.8 Å². The molecule has 30 heavy (non-hydrogen) atoms. The number of fused-ring (bicyclic) bond motifs is 1. The second-order valence-electron chi connectivity index (χ2n) is 8.52. The maximum Gasteiger partial charge on any atom is 0.199 e. The van der Waals surface area contributed by atoms with E-state index < -0.39 is 0 Å². The highest BCUT2D eigenvalue weighted by Crippen LogP contribution is 2.36. The number of hydrogen-bond donors (Lipinski definition) is 2. The minimum atomic E-state index is 0.0873. The molecular formula is C24H27N5O.